The van der Waals surface area contributed by atoms with Crippen molar-refractivity contribution in [3.63, 3.8) is 0 Å². The van der Waals surface area contributed by atoms with E-state index in [2.05, 4.69) is 10.6 Å². The molecule has 2 aromatic rings. The summed E-state index contributed by atoms with van der Waals surface area (Å²) in [5.74, 6) is -0.691. The van der Waals surface area contributed by atoms with Crippen LogP contribution in [-0.4, -0.2) is 36.2 Å². The summed E-state index contributed by atoms with van der Waals surface area (Å²) in [6.45, 7) is 7.26. The van der Waals surface area contributed by atoms with Crippen LogP contribution in [0.3, 0.4) is 0 Å². The number of benzene rings is 2. The molecule has 154 valence electrons. The highest BCUT2D eigenvalue weighted by molar-refractivity contribution is 5.95. The minimum atomic E-state index is -0.437. The largest absolute Gasteiger partial charge is 0.349 e. The number of nitrogens with zero attached hydrogens (tertiary/aromatic N) is 1. The fourth-order valence-electron chi connectivity index (χ4n) is 3.37. The van der Waals surface area contributed by atoms with Crippen molar-refractivity contribution in [3.05, 3.63) is 64.7 Å². The van der Waals surface area contributed by atoms with Gasteiger partial charge in [-0.3, -0.25) is 14.4 Å². The Morgan fingerprint density at radius 1 is 1.00 bits per heavy atom. The van der Waals surface area contributed by atoms with Gasteiger partial charge in [-0.15, -0.1) is 0 Å². The van der Waals surface area contributed by atoms with Crippen molar-refractivity contribution in [1.82, 2.24) is 10.2 Å². The normalized spacial score (nSPS) is 11.5. The SMILES string of the molecule is CC(=O)N[C@@H](CC(=O)N(C)CC(=O)Nc1c(C)cc(C)cc1C)c1ccccc1. The van der Waals surface area contributed by atoms with Gasteiger partial charge in [-0.25, -0.2) is 0 Å². The zero-order chi connectivity index (χ0) is 21.6. The summed E-state index contributed by atoms with van der Waals surface area (Å²) in [5.41, 5.74) is 4.73. The lowest BCUT2D eigenvalue weighted by molar-refractivity contribution is -0.134. The number of rotatable bonds is 7. The Bertz CT molecular complexity index is 870. The first kappa shape index (κ1) is 22.1. The van der Waals surface area contributed by atoms with Crippen molar-refractivity contribution in [1.29, 1.82) is 0 Å². The van der Waals surface area contributed by atoms with Crippen molar-refractivity contribution in [2.45, 2.75) is 40.2 Å². The van der Waals surface area contributed by atoms with Gasteiger partial charge in [-0.1, -0.05) is 48.0 Å². The zero-order valence-electron chi connectivity index (χ0n) is 17.7. The lowest BCUT2D eigenvalue weighted by Crippen LogP contribution is -2.38. The van der Waals surface area contributed by atoms with Crippen LogP contribution in [-0.2, 0) is 14.4 Å². The van der Waals surface area contributed by atoms with E-state index in [-0.39, 0.29) is 30.7 Å². The highest BCUT2D eigenvalue weighted by Gasteiger charge is 2.21. The van der Waals surface area contributed by atoms with E-state index in [1.807, 2.05) is 63.2 Å². The first-order valence-corrected chi connectivity index (χ1v) is 9.61. The second kappa shape index (κ2) is 9.87. The number of carbonyl (C=O) groups excluding carboxylic acids is 3. The summed E-state index contributed by atoms with van der Waals surface area (Å²) in [6.07, 6.45) is 0.0793. The summed E-state index contributed by atoms with van der Waals surface area (Å²) in [6, 6.07) is 12.9. The number of carbonyl (C=O) groups is 3. The Morgan fingerprint density at radius 3 is 2.14 bits per heavy atom. The number of hydrogen-bond acceptors (Lipinski definition) is 3. The standard InChI is InChI=1S/C23H29N3O3/c1-15-11-16(2)23(17(3)12-15)25-21(28)14-26(5)22(29)13-20(24-18(4)27)19-9-7-6-8-10-19/h6-12,20H,13-14H2,1-5H3,(H,24,27)(H,25,28)/t20-/m0/s1. The van der Waals surface area contributed by atoms with E-state index < -0.39 is 6.04 Å². The third-order valence-corrected chi connectivity index (χ3v) is 4.71. The van der Waals surface area contributed by atoms with Crippen molar-refractivity contribution in [2.24, 2.45) is 0 Å². The highest BCUT2D eigenvalue weighted by atomic mass is 16.2. The summed E-state index contributed by atoms with van der Waals surface area (Å²) in [7, 11) is 1.59. The first-order chi connectivity index (χ1) is 13.7. The van der Waals surface area contributed by atoms with Crippen LogP contribution >= 0.6 is 0 Å². The molecule has 0 saturated carbocycles. The molecule has 2 N–H and O–H groups in total. The number of anilines is 1. The monoisotopic (exact) mass is 395 g/mol. The van der Waals surface area contributed by atoms with Gasteiger partial charge in [0.05, 0.1) is 19.0 Å². The molecule has 0 bridgehead atoms. The molecule has 0 aliphatic carbocycles. The molecule has 0 heterocycles. The van der Waals surface area contributed by atoms with E-state index in [4.69, 9.17) is 0 Å². The lowest BCUT2D eigenvalue weighted by atomic mass is 10.0. The molecule has 2 aromatic carbocycles. The van der Waals surface area contributed by atoms with Crippen LogP contribution in [0.1, 0.15) is 41.6 Å². The molecule has 0 aliphatic rings. The third kappa shape index (κ3) is 6.45. The van der Waals surface area contributed by atoms with Crippen molar-refractivity contribution in [3.8, 4) is 0 Å². The predicted molar refractivity (Wildman–Crippen MR) is 115 cm³/mol. The van der Waals surface area contributed by atoms with Crippen LogP contribution in [0.2, 0.25) is 0 Å². The summed E-state index contributed by atoms with van der Waals surface area (Å²) >= 11 is 0. The number of amides is 3. The maximum absolute atomic E-state index is 12.7. The van der Waals surface area contributed by atoms with Gasteiger partial charge in [0.1, 0.15) is 0 Å². The molecule has 3 amide bonds. The molecule has 0 aromatic heterocycles. The van der Waals surface area contributed by atoms with Gasteiger partial charge in [0.2, 0.25) is 17.7 Å². The van der Waals surface area contributed by atoms with Crippen molar-refractivity contribution in [2.75, 3.05) is 18.9 Å². The zero-order valence-corrected chi connectivity index (χ0v) is 17.7. The Labute approximate surface area is 172 Å². The van der Waals surface area contributed by atoms with Crippen LogP contribution in [0, 0.1) is 20.8 Å². The first-order valence-electron chi connectivity index (χ1n) is 9.61. The van der Waals surface area contributed by atoms with Gasteiger partial charge < -0.3 is 15.5 Å². The van der Waals surface area contributed by atoms with E-state index in [1.165, 1.54) is 11.8 Å². The number of hydrogen-bond donors (Lipinski definition) is 2. The van der Waals surface area contributed by atoms with Gasteiger partial charge in [0.15, 0.2) is 0 Å². The molecule has 0 fully saturated rings. The average molecular weight is 396 g/mol. The highest BCUT2D eigenvalue weighted by Crippen LogP contribution is 2.22. The maximum Gasteiger partial charge on any atom is 0.243 e. The smallest absolute Gasteiger partial charge is 0.243 e. The average Bonchev–Trinajstić information content (AvgIpc) is 2.64. The minimum Gasteiger partial charge on any atom is -0.349 e. The van der Waals surface area contributed by atoms with Gasteiger partial charge in [-0.05, 0) is 37.5 Å². The van der Waals surface area contributed by atoms with Crippen LogP contribution in [0.4, 0.5) is 5.69 Å². The molecule has 29 heavy (non-hydrogen) atoms. The fraction of sp³-hybridized carbons (Fsp3) is 0.348. The predicted octanol–water partition coefficient (Wildman–Crippen LogP) is 3.28. The fourth-order valence-corrected chi connectivity index (χ4v) is 3.37. The Hall–Kier alpha value is -3.15. The van der Waals surface area contributed by atoms with E-state index in [0.29, 0.717) is 0 Å². The molecule has 0 unspecified atom stereocenters. The van der Waals surface area contributed by atoms with E-state index in [9.17, 15) is 14.4 Å². The Kier molecular flexibility index (Phi) is 7.53. The molecule has 2 rings (SSSR count). The number of nitrogens with one attached hydrogen (secondary N) is 2. The molecule has 1 atom stereocenters. The third-order valence-electron chi connectivity index (χ3n) is 4.71. The molecule has 6 heteroatoms. The minimum absolute atomic E-state index is 0.0623. The van der Waals surface area contributed by atoms with Gasteiger partial charge in [-0.2, -0.15) is 0 Å². The number of likely N-dealkylation sites (N-methyl/N-ethyl adjacent to an activating group) is 1. The summed E-state index contributed by atoms with van der Waals surface area (Å²) in [5, 5.41) is 5.71. The van der Waals surface area contributed by atoms with Crippen LogP contribution < -0.4 is 10.6 Å². The topological polar surface area (TPSA) is 78.5 Å². The molecule has 6 nitrogen and oxygen atoms in total. The summed E-state index contributed by atoms with van der Waals surface area (Å²) in [4.78, 5) is 38.1. The molecular formula is C23H29N3O3. The van der Waals surface area contributed by atoms with Gasteiger partial charge >= 0.3 is 0 Å². The number of aryl methyl sites for hydroxylation is 3. The molecule has 0 aliphatic heterocycles. The summed E-state index contributed by atoms with van der Waals surface area (Å²) < 4.78 is 0. The maximum atomic E-state index is 12.7. The van der Waals surface area contributed by atoms with Crippen molar-refractivity contribution >= 4 is 23.4 Å². The Morgan fingerprint density at radius 2 is 1.59 bits per heavy atom. The quantitative estimate of drug-likeness (QED) is 0.755. The van der Waals surface area contributed by atoms with Gasteiger partial charge in [0.25, 0.3) is 0 Å². The molecule has 0 spiro atoms. The Balaban J connectivity index is 2.02. The van der Waals surface area contributed by atoms with E-state index >= 15 is 0 Å². The van der Waals surface area contributed by atoms with Gasteiger partial charge in [0, 0.05) is 19.7 Å². The molecule has 0 saturated heterocycles. The van der Waals surface area contributed by atoms with Crippen LogP contribution in [0.5, 0.6) is 0 Å². The van der Waals surface area contributed by atoms with Crippen LogP contribution in [0.15, 0.2) is 42.5 Å². The van der Waals surface area contributed by atoms with Crippen molar-refractivity contribution < 1.29 is 14.4 Å². The van der Waals surface area contributed by atoms with E-state index in [0.717, 1.165) is 27.9 Å². The second-order valence-electron chi connectivity index (χ2n) is 7.44. The lowest BCUT2D eigenvalue weighted by Gasteiger charge is -2.22. The second-order valence-corrected chi connectivity index (χ2v) is 7.44. The molecule has 0 radical (unpaired) electrons. The van der Waals surface area contributed by atoms with Crippen LogP contribution in [0.25, 0.3) is 0 Å². The molecular weight excluding hydrogens is 366 g/mol. The van der Waals surface area contributed by atoms with E-state index in [1.54, 1.807) is 7.05 Å².